The van der Waals surface area contributed by atoms with E-state index in [9.17, 15) is 18.8 Å². The maximum atomic E-state index is 13.6. The lowest BCUT2D eigenvalue weighted by molar-refractivity contribution is 0.0973. The molecule has 0 unspecified atom stereocenters. The molecule has 3 aromatic carbocycles. The summed E-state index contributed by atoms with van der Waals surface area (Å²) in [6.07, 6.45) is 1.78. The molecule has 0 spiro atoms. The van der Waals surface area contributed by atoms with Gasteiger partial charge in [-0.3, -0.25) is 14.2 Å². The van der Waals surface area contributed by atoms with Gasteiger partial charge in [-0.25, -0.2) is 18.7 Å². The number of benzene rings is 3. The maximum Gasteiger partial charge on any atom is 0.337 e. The molecule has 0 saturated carbocycles. The minimum absolute atomic E-state index is 0.0743. The molecule has 0 fully saturated rings. The first-order valence-electron chi connectivity index (χ1n) is 11.5. The number of fused-ring (bicyclic) bond motifs is 1. The van der Waals surface area contributed by atoms with E-state index in [-0.39, 0.29) is 30.0 Å². The van der Waals surface area contributed by atoms with E-state index in [0.29, 0.717) is 23.2 Å². The fourth-order valence-electron chi connectivity index (χ4n) is 4.18. The Bertz CT molecular complexity index is 1760. The van der Waals surface area contributed by atoms with Crippen LogP contribution in [0.1, 0.15) is 21.5 Å². The predicted molar refractivity (Wildman–Crippen MR) is 135 cm³/mol. The molecular weight excluding hydrogens is 473 g/mol. The van der Waals surface area contributed by atoms with Gasteiger partial charge in [0.05, 0.1) is 30.2 Å². The predicted octanol–water partition coefficient (Wildman–Crippen LogP) is 3.49. The first-order chi connectivity index (χ1) is 18.0. The molecule has 0 N–H and O–H groups in total. The van der Waals surface area contributed by atoms with Gasteiger partial charge in [-0.15, -0.1) is 0 Å². The minimum Gasteiger partial charge on any atom is -0.317 e. The van der Waals surface area contributed by atoms with Crippen LogP contribution in [-0.2, 0) is 19.5 Å². The van der Waals surface area contributed by atoms with Crippen LogP contribution in [0.5, 0.6) is 0 Å². The second kappa shape index (κ2) is 9.87. The van der Waals surface area contributed by atoms with Crippen molar-refractivity contribution in [3.8, 4) is 11.8 Å². The molecule has 2 aromatic heterocycles. The van der Waals surface area contributed by atoms with E-state index < -0.39 is 17.1 Å². The number of carbonyl (C=O) groups excluding carboxylic acids is 1. The Balaban J connectivity index is 1.63. The molecule has 0 aliphatic carbocycles. The van der Waals surface area contributed by atoms with Gasteiger partial charge in [0, 0.05) is 12.1 Å². The number of ketones is 1. The lowest BCUT2D eigenvalue weighted by Gasteiger charge is -2.13. The number of nitriles is 1. The zero-order valence-electron chi connectivity index (χ0n) is 19.5. The summed E-state index contributed by atoms with van der Waals surface area (Å²) in [6.45, 7) is -0.0918. The van der Waals surface area contributed by atoms with Crippen LogP contribution in [0.3, 0.4) is 0 Å². The van der Waals surface area contributed by atoms with Crippen molar-refractivity contribution in [1.82, 2.24) is 18.7 Å². The first-order valence-corrected chi connectivity index (χ1v) is 11.5. The molecule has 0 atom stereocenters. The number of nitrogens with zero attached hydrogens (tertiary/aromatic N) is 5. The molecule has 0 saturated heterocycles. The van der Waals surface area contributed by atoms with E-state index in [2.05, 4.69) is 4.98 Å². The van der Waals surface area contributed by atoms with Crippen molar-refractivity contribution in [2.24, 2.45) is 0 Å². The third-order valence-corrected chi connectivity index (χ3v) is 6.10. The molecule has 5 rings (SSSR count). The number of aryl methyl sites for hydroxylation is 1. The average Bonchev–Trinajstić information content (AvgIpc) is 3.33. The van der Waals surface area contributed by atoms with Crippen molar-refractivity contribution in [2.75, 3.05) is 0 Å². The zero-order valence-corrected chi connectivity index (χ0v) is 19.5. The molecule has 0 amide bonds. The SMILES string of the molecule is N#Cc1ccc(C(=O)Cn2cnc3c2c(=O)n(CCc2ccccc2)c(=O)n3-c2ccc(F)cc2)cc1. The Labute approximate surface area is 210 Å². The number of hydrogen-bond donors (Lipinski definition) is 0. The number of Topliss-reactive ketones (excluding diaryl/α,β-unsaturated/α-hetero) is 1. The second-order valence-corrected chi connectivity index (χ2v) is 8.44. The van der Waals surface area contributed by atoms with E-state index in [1.165, 1.54) is 39.7 Å². The van der Waals surface area contributed by atoms with Gasteiger partial charge in [0.2, 0.25) is 0 Å². The number of hydrogen-bond acceptors (Lipinski definition) is 5. The first kappa shape index (κ1) is 23.6. The largest absolute Gasteiger partial charge is 0.337 e. The third kappa shape index (κ3) is 4.60. The number of halogens is 1. The molecule has 37 heavy (non-hydrogen) atoms. The third-order valence-electron chi connectivity index (χ3n) is 6.10. The second-order valence-electron chi connectivity index (χ2n) is 8.44. The van der Waals surface area contributed by atoms with Crippen LogP contribution in [0.2, 0.25) is 0 Å². The Hall–Kier alpha value is -5.10. The van der Waals surface area contributed by atoms with Crippen LogP contribution in [0.25, 0.3) is 16.9 Å². The van der Waals surface area contributed by atoms with Crippen LogP contribution in [0.15, 0.2) is 94.8 Å². The highest BCUT2D eigenvalue weighted by molar-refractivity contribution is 5.96. The Kier molecular flexibility index (Phi) is 6.31. The van der Waals surface area contributed by atoms with Crippen molar-refractivity contribution in [1.29, 1.82) is 5.26 Å². The normalized spacial score (nSPS) is 10.9. The summed E-state index contributed by atoms with van der Waals surface area (Å²) in [5.41, 5.74) is 1.07. The van der Waals surface area contributed by atoms with Crippen molar-refractivity contribution in [2.45, 2.75) is 19.5 Å². The van der Waals surface area contributed by atoms with Gasteiger partial charge in [0.15, 0.2) is 16.9 Å². The van der Waals surface area contributed by atoms with Crippen LogP contribution in [0.4, 0.5) is 4.39 Å². The van der Waals surface area contributed by atoms with Crippen molar-refractivity contribution in [3.63, 3.8) is 0 Å². The smallest absolute Gasteiger partial charge is 0.317 e. The highest BCUT2D eigenvalue weighted by atomic mass is 19.1. The van der Waals surface area contributed by atoms with E-state index >= 15 is 0 Å². The molecule has 0 aliphatic heterocycles. The summed E-state index contributed by atoms with van der Waals surface area (Å²) in [7, 11) is 0. The quantitative estimate of drug-likeness (QED) is 0.323. The lowest BCUT2D eigenvalue weighted by atomic mass is 10.1. The lowest BCUT2D eigenvalue weighted by Crippen LogP contribution is -2.40. The molecule has 0 aliphatic rings. The molecule has 9 heteroatoms. The topological polar surface area (TPSA) is 103 Å². The number of rotatable bonds is 7. The molecule has 0 radical (unpaired) electrons. The molecule has 5 aromatic rings. The standard InChI is InChI=1S/C28H20FN5O3/c29-22-10-12-23(13-11-22)34-26-25(27(36)33(28(34)37)15-14-19-4-2-1-3-5-19)32(18-31-26)17-24(35)21-8-6-20(16-30)7-9-21/h1-13,18H,14-15,17H2. The number of carbonyl (C=O) groups is 1. The number of aromatic nitrogens is 4. The summed E-state index contributed by atoms with van der Waals surface area (Å²) in [6, 6.07) is 22.9. The van der Waals surface area contributed by atoms with E-state index in [1.54, 1.807) is 24.3 Å². The summed E-state index contributed by atoms with van der Waals surface area (Å²) in [4.78, 5) is 44.4. The average molecular weight is 493 g/mol. The monoisotopic (exact) mass is 493 g/mol. The van der Waals surface area contributed by atoms with Crippen molar-refractivity contribution in [3.05, 3.63) is 129 Å². The molecular formula is C28H20FN5O3. The number of imidazole rings is 1. The van der Waals surface area contributed by atoms with E-state index in [0.717, 1.165) is 10.1 Å². The fourth-order valence-corrected chi connectivity index (χ4v) is 4.18. The molecule has 8 nitrogen and oxygen atoms in total. The molecule has 182 valence electrons. The van der Waals surface area contributed by atoms with Crippen LogP contribution < -0.4 is 11.2 Å². The van der Waals surface area contributed by atoms with Gasteiger partial charge in [-0.2, -0.15) is 5.26 Å². The Morgan fingerprint density at radius 2 is 1.65 bits per heavy atom. The van der Waals surface area contributed by atoms with Crippen LogP contribution >= 0.6 is 0 Å². The van der Waals surface area contributed by atoms with E-state index in [4.69, 9.17) is 5.26 Å². The van der Waals surface area contributed by atoms with Gasteiger partial charge in [-0.1, -0.05) is 42.5 Å². The maximum absolute atomic E-state index is 13.6. The fraction of sp³-hybridized carbons (Fsp3) is 0.107. The highest BCUT2D eigenvalue weighted by Gasteiger charge is 2.20. The van der Waals surface area contributed by atoms with Gasteiger partial charge < -0.3 is 4.57 Å². The molecule has 0 bridgehead atoms. The zero-order chi connectivity index (χ0) is 25.9. The highest BCUT2D eigenvalue weighted by Crippen LogP contribution is 2.15. The summed E-state index contributed by atoms with van der Waals surface area (Å²) >= 11 is 0. The summed E-state index contributed by atoms with van der Waals surface area (Å²) in [5, 5.41) is 8.99. The van der Waals surface area contributed by atoms with Gasteiger partial charge >= 0.3 is 5.69 Å². The van der Waals surface area contributed by atoms with Crippen molar-refractivity contribution >= 4 is 16.9 Å². The van der Waals surface area contributed by atoms with E-state index in [1.807, 2.05) is 36.4 Å². The van der Waals surface area contributed by atoms with Gasteiger partial charge in [-0.05, 0) is 48.4 Å². The summed E-state index contributed by atoms with van der Waals surface area (Å²) < 4.78 is 17.4. The minimum atomic E-state index is -0.608. The Morgan fingerprint density at radius 3 is 2.32 bits per heavy atom. The van der Waals surface area contributed by atoms with Crippen LogP contribution in [0, 0.1) is 17.1 Å². The van der Waals surface area contributed by atoms with Gasteiger partial charge in [0.1, 0.15) is 5.82 Å². The van der Waals surface area contributed by atoms with Crippen molar-refractivity contribution < 1.29 is 9.18 Å². The summed E-state index contributed by atoms with van der Waals surface area (Å²) in [5.74, 6) is -0.762. The Morgan fingerprint density at radius 1 is 0.946 bits per heavy atom. The molecule has 2 heterocycles. The van der Waals surface area contributed by atoms with Gasteiger partial charge in [0.25, 0.3) is 5.56 Å². The van der Waals surface area contributed by atoms with Crippen LogP contribution in [-0.4, -0.2) is 24.5 Å².